The molecule has 2 heterocycles. The Morgan fingerprint density at radius 1 is 0.476 bits per heavy atom. The lowest BCUT2D eigenvalue weighted by Crippen LogP contribution is -2.67. The largest absolute Gasteiger partial charge is 0.497 e. The molecule has 0 radical (unpaired) electrons. The van der Waals surface area contributed by atoms with Gasteiger partial charge in [0.15, 0.2) is 0 Å². The highest BCUT2D eigenvalue weighted by molar-refractivity contribution is 7.15. The van der Waals surface area contributed by atoms with Gasteiger partial charge in [-0.25, -0.2) is 14.4 Å². The van der Waals surface area contributed by atoms with Crippen LogP contribution in [-0.2, 0) is 35.9 Å². The van der Waals surface area contributed by atoms with E-state index < -0.39 is 74.0 Å². The number of ether oxygens (including phenoxy) is 4. The number of alkyl halides is 6. The van der Waals surface area contributed by atoms with Gasteiger partial charge in [-0.1, -0.05) is 60.4 Å². The number of hydrogen-bond donors (Lipinski definition) is 0. The minimum absolute atomic E-state index is 0.129. The molecule has 422 valence electrons. The molecule has 7 aromatic rings. The van der Waals surface area contributed by atoms with E-state index in [1.165, 1.54) is 33.1 Å². The molecule has 2 aromatic heterocycles. The van der Waals surface area contributed by atoms with Crippen LogP contribution in [0.3, 0.4) is 0 Å². The van der Waals surface area contributed by atoms with Crippen LogP contribution in [0.4, 0.5) is 26.3 Å². The molecule has 0 aliphatic heterocycles. The van der Waals surface area contributed by atoms with E-state index in [1.807, 2.05) is 84.9 Å². The van der Waals surface area contributed by atoms with Gasteiger partial charge in [0.05, 0.1) is 48.5 Å². The Balaban J connectivity index is 0.992. The summed E-state index contributed by atoms with van der Waals surface area (Å²) in [6.45, 7) is 8.90. The Morgan fingerprint density at radius 2 is 0.829 bits per heavy atom. The summed E-state index contributed by atoms with van der Waals surface area (Å²) >= 11 is 2.00. The number of thiophene rings is 2. The Kier molecular flexibility index (Phi) is 14.3. The monoisotopic (exact) mass is 1150 g/mol. The van der Waals surface area contributed by atoms with Crippen LogP contribution < -0.4 is 4.74 Å². The minimum Gasteiger partial charge on any atom is -0.497 e. The van der Waals surface area contributed by atoms with Crippen LogP contribution in [0.15, 0.2) is 133 Å². The maximum atomic E-state index is 16.2. The minimum atomic E-state index is -5.73. The molecular formula is C67H58F6O7S2. The van der Waals surface area contributed by atoms with Gasteiger partial charge in [-0.05, 0) is 219 Å². The molecule has 0 amide bonds. The van der Waals surface area contributed by atoms with Crippen molar-refractivity contribution in [3.8, 4) is 28.0 Å². The number of carbonyl (C=O) groups excluding carboxylic acids is 3. The van der Waals surface area contributed by atoms with E-state index in [9.17, 15) is 14.4 Å². The average Bonchev–Trinajstić information content (AvgIpc) is 0.791. The number of halogens is 6. The van der Waals surface area contributed by atoms with E-state index in [-0.39, 0.29) is 40.0 Å². The second-order valence-electron chi connectivity index (χ2n) is 22.3. The third kappa shape index (κ3) is 9.25. The molecule has 4 fully saturated rings. The van der Waals surface area contributed by atoms with Crippen LogP contribution >= 0.6 is 22.7 Å². The summed E-state index contributed by atoms with van der Waals surface area (Å²) in [5.74, 6) is -10.7. The van der Waals surface area contributed by atoms with Gasteiger partial charge in [-0.3, -0.25) is 0 Å². The molecule has 12 rings (SSSR count). The maximum absolute atomic E-state index is 16.2. The SMILES string of the molecule is CCOC(=O)c1ccc(C23CC4(c5ccc(C#Cc6cc(C7=C(c8cc(-c9ccc(OC)cc9)sc8C)C(F)(F)C(F)(F)C7(F)F)c(C)s6)cc5)CC(c5ccc(C(=O)OCC)cc5)(C2)CC(c2ccc(C(=O)OCC)cc2)(C4)C3)cc1. The van der Waals surface area contributed by atoms with Crippen molar-refractivity contribution in [2.45, 2.75) is 113 Å². The van der Waals surface area contributed by atoms with E-state index in [0.717, 1.165) is 83.5 Å². The number of esters is 3. The first-order chi connectivity index (χ1) is 39.1. The molecule has 0 unspecified atom stereocenters. The zero-order valence-electron chi connectivity index (χ0n) is 46.0. The maximum Gasteiger partial charge on any atom is 0.380 e. The molecule has 5 aliphatic rings. The number of aryl methyl sites for hydroxylation is 2. The van der Waals surface area contributed by atoms with Crippen LogP contribution in [0.5, 0.6) is 5.75 Å². The van der Waals surface area contributed by atoms with Gasteiger partial charge in [-0.15, -0.1) is 22.7 Å². The van der Waals surface area contributed by atoms with Crippen molar-refractivity contribution < 1.29 is 59.7 Å². The molecule has 82 heavy (non-hydrogen) atoms. The van der Waals surface area contributed by atoms with Gasteiger partial charge in [0.25, 0.3) is 0 Å². The van der Waals surface area contributed by atoms with E-state index in [1.54, 1.807) is 45.0 Å². The number of hydrogen-bond acceptors (Lipinski definition) is 9. The Morgan fingerprint density at radius 3 is 1.20 bits per heavy atom. The van der Waals surface area contributed by atoms with E-state index in [4.69, 9.17) is 18.9 Å². The Labute approximate surface area is 480 Å². The number of carbonyl (C=O) groups is 3. The fourth-order valence-corrected chi connectivity index (χ4v) is 16.2. The summed E-state index contributed by atoms with van der Waals surface area (Å²) in [5.41, 5.74) is 1.32. The van der Waals surface area contributed by atoms with E-state index in [2.05, 4.69) is 24.0 Å². The van der Waals surface area contributed by atoms with Crippen LogP contribution in [0.2, 0.25) is 0 Å². The van der Waals surface area contributed by atoms with E-state index >= 15 is 26.3 Å². The molecule has 0 atom stereocenters. The predicted molar refractivity (Wildman–Crippen MR) is 306 cm³/mol. The van der Waals surface area contributed by atoms with Crippen LogP contribution in [0, 0.1) is 25.7 Å². The summed E-state index contributed by atoms with van der Waals surface area (Å²) in [4.78, 5) is 39.9. The van der Waals surface area contributed by atoms with Crippen LogP contribution in [-0.4, -0.2) is 62.6 Å². The summed E-state index contributed by atoms with van der Waals surface area (Å²) in [6, 6.07) is 40.3. The van der Waals surface area contributed by atoms with Crippen LogP contribution in [0.1, 0.15) is 144 Å². The molecule has 4 saturated carbocycles. The van der Waals surface area contributed by atoms with Crippen molar-refractivity contribution in [2.75, 3.05) is 26.9 Å². The first-order valence-corrected chi connectivity index (χ1v) is 28.9. The lowest BCUT2D eigenvalue weighted by molar-refractivity contribution is -0.254. The first-order valence-electron chi connectivity index (χ1n) is 27.3. The van der Waals surface area contributed by atoms with Gasteiger partial charge in [-0.2, -0.15) is 26.3 Å². The Hall–Kier alpha value is -7.41. The zero-order chi connectivity index (χ0) is 58.2. The van der Waals surface area contributed by atoms with Crippen molar-refractivity contribution in [2.24, 2.45) is 0 Å². The highest BCUT2D eigenvalue weighted by Crippen LogP contribution is 2.75. The summed E-state index contributed by atoms with van der Waals surface area (Å²) in [5, 5.41) is 0. The quantitative estimate of drug-likeness (QED) is 0.0464. The molecule has 0 spiro atoms. The molecule has 0 saturated heterocycles. The van der Waals surface area contributed by atoms with Gasteiger partial charge in [0.1, 0.15) is 5.75 Å². The number of methoxy groups -OCH3 is 1. The van der Waals surface area contributed by atoms with Crippen molar-refractivity contribution in [1.29, 1.82) is 0 Å². The van der Waals surface area contributed by atoms with E-state index in [0.29, 0.717) is 38.4 Å². The normalized spacial score (nSPS) is 23.5. The lowest BCUT2D eigenvalue weighted by Gasteiger charge is -2.71. The highest BCUT2D eigenvalue weighted by Gasteiger charge is 2.80. The average molecular weight is 1150 g/mol. The number of rotatable bonds is 14. The smallest absolute Gasteiger partial charge is 0.380 e. The van der Waals surface area contributed by atoms with Gasteiger partial charge in [0.2, 0.25) is 0 Å². The number of benzene rings is 5. The summed E-state index contributed by atoms with van der Waals surface area (Å²) in [6.07, 6.45) is 4.56. The Bertz CT molecular complexity index is 3540. The fourth-order valence-electron chi connectivity index (χ4n) is 14.3. The van der Waals surface area contributed by atoms with Gasteiger partial charge >= 0.3 is 35.7 Å². The standard InChI is InChI=1S/C67H58F6O7S2/c1-7-78-58(74)44-13-23-48(24-14-44)62-34-61(35-63(37-62,49-25-15-45(16-26-49)59(75)79-8-2)39-64(36-61,38-62)50-27-17-46(18-28-50)60(76)80-9-3)47-21-10-42(11-22-47)12-31-52-32-53(40(4)81-52)56-57(66(70,71)67(72,73)65(56,68)69)54-33-55(82-41(54)5)43-19-29-51(77-6)30-20-43/h10-11,13-30,32-33H,7-9,34-39H2,1-6H3. The van der Waals surface area contributed by atoms with Crippen molar-refractivity contribution in [3.05, 3.63) is 204 Å². The molecule has 4 bridgehead atoms. The van der Waals surface area contributed by atoms with Gasteiger partial charge < -0.3 is 18.9 Å². The second kappa shape index (κ2) is 20.8. The molecule has 5 aliphatic carbocycles. The fraction of sp³-hybridized carbons (Fsp3) is 0.328. The second-order valence-corrected chi connectivity index (χ2v) is 24.8. The van der Waals surface area contributed by atoms with Gasteiger partial charge in [0, 0.05) is 31.3 Å². The molecule has 7 nitrogen and oxygen atoms in total. The molecule has 5 aromatic carbocycles. The third-order valence-corrected chi connectivity index (χ3v) is 19.4. The van der Waals surface area contributed by atoms with Crippen LogP contribution in [0.25, 0.3) is 21.6 Å². The molecule has 15 heteroatoms. The van der Waals surface area contributed by atoms with Crippen molar-refractivity contribution in [3.63, 3.8) is 0 Å². The van der Waals surface area contributed by atoms with Crippen molar-refractivity contribution >= 4 is 51.7 Å². The molecule has 0 N–H and O–H groups in total. The first kappa shape index (κ1) is 56.5. The zero-order valence-corrected chi connectivity index (χ0v) is 47.6. The summed E-state index contributed by atoms with van der Waals surface area (Å²) < 4.78 is 117. The molecular weight excluding hydrogens is 1090 g/mol. The number of allylic oxidation sites excluding steroid dienone is 2. The van der Waals surface area contributed by atoms with Crippen molar-refractivity contribution in [1.82, 2.24) is 0 Å². The highest BCUT2D eigenvalue weighted by atomic mass is 32.1. The lowest BCUT2D eigenvalue weighted by atomic mass is 9.32. The summed E-state index contributed by atoms with van der Waals surface area (Å²) in [7, 11) is 1.49. The topological polar surface area (TPSA) is 88.1 Å². The predicted octanol–water partition coefficient (Wildman–Crippen LogP) is 16.3. The third-order valence-electron chi connectivity index (χ3n) is 17.3.